The monoisotopic (exact) mass is 364 g/mol. The van der Waals surface area contributed by atoms with E-state index in [1.165, 1.54) is 0 Å². The highest BCUT2D eigenvalue weighted by Crippen LogP contribution is 2.23. The fourth-order valence-electron chi connectivity index (χ4n) is 3.26. The molecule has 2 unspecified atom stereocenters. The van der Waals surface area contributed by atoms with Crippen LogP contribution in [0.1, 0.15) is 31.6 Å². The van der Waals surface area contributed by atoms with Crippen LogP contribution < -0.4 is 5.32 Å². The second kappa shape index (κ2) is 9.47. The maximum Gasteiger partial charge on any atom is 0.253 e. The van der Waals surface area contributed by atoms with E-state index in [1.807, 2.05) is 17.3 Å². The number of likely N-dealkylation sites (tertiary alicyclic amines) is 1. The van der Waals surface area contributed by atoms with Gasteiger partial charge >= 0.3 is 0 Å². The van der Waals surface area contributed by atoms with Crippen molar-refractivity contribution in [2.45, 2.75) is 38.3 Å². The number of rotatable bonds is 3. The second-order valence-corrected chi connectivity index (χ2v) is 5.75. The molecule has 2 aliphatic rings. The molecule has 2 saturated heterocycles. The Hall–Kier alpha value is -0.820. The SMILES string of the molecule is CCc1nccn1C1CCCN(C(=O)C2CNCCO2)C1.Cl.Cl. The number of amides is 1. The number of piperidine rings is 1. The molecule has 0 radical (unpaired) electrons. The van der Waals surface area contributed by atoms with Crippen molar-refractivity contribution in [3.63, 3.8) is 0 Å². The Labute approximate surface area is 149 Å². The first kappa shape index (κ1) is 20.2. The summed E-state index contributed by atoms with van der Waals surface area (Å²) < 4.78 is 7.83. The Bertz CT molecular complexity index is 492. The van der Waals surface area contributed by atoms with Crippen LogP contribution in [0.25, 0.3) is 0 Å². The molecule has 132 valence electrons. The third-order valence-corrected chi connectivity index (χ3v) is 4.37. The molecule has 0 aliphatic carbocycles. The number of imidazole rings is 1. The molecule has 3 rings (SSSR count). The molecule has 0 saturated carbocycles. The van der Waals surface area contributed by atoms with Gasteiger partial charge in [0.05, 0.1) is 12.6 Å². The molecule has 23 heavy (non-hydrogen) atoms. The number of morpholine rings is 1. The van der Waals surface area contributed by atoms with Gasteiger partial charge in [-0.1, -0.05) is 6.92 Å². The number of ether oxygens (including phenoxy) is 1. The number of carbonyl (C=O) groups excluding carboxylic acids is 1. The molecule has 1 aromatic rings. The Morgan fingerprint density at radius 1 is 1.48 bits per heavy atom. The van der Waals surface area contributed by atoms with Gasteiger partial charge in [0.2, 0.25) is 0 Å². The van der Waals surface area contributed by atoms with Crippen LogP contribution in [-0.2, 0) is 16.0 Å². The number of hydrogen-bond acceptors (Lipinski definition) is 4. The molecular weight excluding hydrogens is 339 g/mol. The summed E-state index contributed by atoms with van der Waals surface area (Å²) >= 11 is 0. The van der Waals surface area contributed by atoms with Gasteiger partial charge in [-0.15, -0.1) is 24.8 Å². The van der Waals surface area contributed by atoms with Crippen LogP contribution in [0.15, 0.2) is 12.4 Å². The van der Waals surface area contributed by atoms with Gasteiger partial charge < -0.3 is 19.5 Å². The number of aromatic nitrogens is 2. The highest BCUT2D eigenvalue weighted by atomic mass is 35.5. The van der Waals surface area contributed by atoms with Gasteiger partial charge in [-0.25, -0.2) is 4.98 Å². The molecule has 2 fully saturated rings. The summed E-state index contributed by atoms with van der Waals surface area (Å²) in [7, 11) is 0. The number of carbonyl (C=O) groups is 1. The topological polar surface area (TPSA) is 59.4 Å². The van der Waals surface area contributed by atoms with Crippen molar-refractivity contribution in [3.05, 3.63) is 18.2 Å². The minimum Gasteiger partial charge on any atom is -0.366 e. The third kappa shape index (κ3) is 4.59. The molecule has 1 amide bonds. The number of aryl methyl sites for hydroxylation is 1. The molecule has 1 aromatic heterocycles. The quantitative estimate of drug-likeness (QED) is 0.881. The number of hydrogen-bond donors (Lipinski definition) is 1. The normalized spacial score (nSPS) is 24.5. The molecule has 8 heteroatoms. The third-order valence-electron chi connectivity index (χ3n) is 4.37. The highest BCUT2D eigenvalue weighted by molar-refractivity contribution is 5.85. The van der Waals surface area contributed by atoms with Gasteiger partial charge in [-0.05, 0) is 12.8 Å². The Morgan fingerprint density at radius 3 is 3.00 bits per heavy atom. The van der Waals surface area contributed by atoms with Crippen LogP contribution >= 0.6 is 24.8 Å². The zero-order chi connectivity index (χ0) is 14.7. The molecule has 2 aliphatic heterocycles. The van der Waals surface area contributed by atoms with Gasteiger partial charge in [-0.3, -0.25) is 4.79 Å². The van der Waals surface area contributed by atoms with Gasteiger partial charge in [0.25, 0.3) is 5.91 Å². The minimum atomic E-state index is -0.314. The van der Waals surface area contributed by atoms with E-state index in [4.69, 9.17) is 4.74 Å². The van der Waals surface area contributed by atoms with E-state index in [9.17, 15) is 4.79 Å². The highest BCUT2D eigenvalue weighted by Gasteiger charge is 2.31. The van der Waals surface area contributed by atoms with E-state index in [0.717, 1.165) is 44.7 Å². The smallest absolute Gasteiger partial charge is 0.253 e. The van der Waals surface area contributed by atoms with Crippen LogP contribution in [0, 0.1) is 0 Å². The average Bonchev–Trinajstić information content (AvgIpc) is 3.04. The Morgan fingerprint density at radius 2 is 2.30 bits per heavy atom. The van der Waals surface area contributed by atoms with Crippen molar-refractivity contribution >= 4 is 30.7 Å². The van der Waals surface area contributed by atoms with Crippen LogP contribution in [0.2, 0.25) is 0 Å². The minimum absolute atomic E-state index is 0. The van der Waals surface area contributed by atoms with Crippen molar-refractivity contribution in [1.82, 2.24) is 19.8 Å². The molecule has 6 nitrogen and oxygen atoms in total. The first-order valence-corrected chi connectivity index (χ1v) is 7.92. The maximum absolute atomic E-state index is 12.6. The lowest BCUT2D eigenvalue weighted by molar-refractivity contribution is -0.146. The van der Waals surface area contributed by atoms with Crippen molar-refractivity contribution in [3.8, 4) is 0 Å². The fourth-order valence-corrected chi connectivity index (χ4v) is 3.26. The lowest BCUT2D eigenvalue weighted by Crippen LogP contribution is -2.52. The van der Waals surface area contributed by atoms with Crippen molar-refractivity contribution in [2.24, 2.45) is 0 Å². The molecule has 1 N–H and O–H groups in total. The average molecular weight is 365 g/mol. The predicted molar refractivity (Wildman–Crippen MR) is 93.6 cm³/mol. The Kier molecular flexibility index (Phi) is 8.33. The molecule has 3 heterocycles. The summed E-state index contributed by atoms with van der Waals surface area (Å²) in [6.07, 6.45) is 6.65. The lowest BCUT2D eigenvalue weighted by atomic mass is 10.0. The summed E-state index contributed by atoms with van der Waals surface area (Å²) in [5, 5.41) is 3.22. The van der Waals surface area contributed by atoms with Gasteiger partial charge in [0, 0.05) is 45.0 Å². The van der Waals surface area contributed by atoms with E-state index < -0.39 is 0 Å². The molecule has 0 spiro atoms. The predicted octanol–water partition coefficient (Wildman–Crippen LogP) is 1.44. The molecule has 0 aromatic carbocycles. The van der Waals surface area contributed by atoms with E-state index in [1.54, 1.807) is 0 Å². The number of halogens is 2. The zero-order valence-corrected chi connectivity index (χ0v) is 15.1. The number of nitrogens with zero attached hydrogens (tertiary/aromatic N) is 3. The van der Waals surface area contributed by atoms with Crippen molar-refractivity contribution in [1.29, 1.82) is 0 Å². The summed E-state index contributed by atoms with van der Waals surface area (Å²) in [5.41, 5.74) is 0. The van der Waals surface area contributed by atoms with Gasteiger partial charge in [0.15, 0.2) is 0 Å². The van der Waals surface area contributed by atoms with Crippen molar-refractivity contribution in [2.75, 3.05) is 32.8 Å². The first-order chi connectivity index (χ1) is 10.3. The molecular formula is C15H26Cl2N4O2. The van der Waals surface area contributed by atoms with E-state index in [0.29, 0.717) is 19.2 Å². The van der Waals surface area contributed by atoms with E-state index in [-0.39, 0.29) is 36.8 Å². The molecule has 2 atom stereocenters. The van der Waals surface area contributed by atoms with E-state index in [2.05, 4.69) is 21.8 Å². The van der Waals surface area contributed by atoms with Crippen molar-refractivity contribution < 1.29 is 9.53 Å². The summed E-state index contributed by atoms with van der Waals surface area (Å²) in [6.45, 7) is 5.81. The number of nitrogens with one attached hydrogen (secondary N) is 1. The summed E-state index contributed by atoms with van der Waals surface area (Å²) in [4.78, 5) is 18.9. The van der Waals surface area contributed by atoms with E-state index >= 15 is 0 Å². The van der Waals surface area contributed by atoms with Crippen LogP contribution in [0.3, 0.4) is 0 Å². The fraction of sp³-hybridized carbons (Fsp3) is 0.733. The standard InChI is InChI=1S/C15H24N4O2.2ClH/c1-2-14-17-5-8-19(14)12-4-3-7-18(11-12)15(20)13-10-16-6-9-21-13;;/h5,8,12-13,16H,2-4,6-7,9-11H2,1H3;2*1H. The Balaban J connectivity index is 0.00000132. The largest absolute Gasteiger partial charge is 0.366 e. The first-order valence-electron chi connectivity index (χ1n) is 7.92. The van der Waals surface area contributed by atoms with Crippen LogP contribution in [0.5, 0.6) is 0 Å². The van der Waals surface area contributed by atoms with Gasteiger partial charge in [0.1, 0.15) is 11.9 Å². The van der Waals surface area contributed by atoms with Crippen LogP contribution in [-0.4, -0.2) is 59.2 Å². The lowest BCUT2D eigenvalue weighted by Gasteiger charge is -2.36. The van der Waals surface area contributed by atoms with Crippen LogP contribution in [0.4, 0.5) is 0 Å². The van der Waals surface area contributed by atoms with Gasteiger partial charge in [-0.2, -0.15) is 0 Å². The second-order valence-electron chi connectivity index (χ2n) is 5.75. The zero-order valence-electron chi connectivity index (χ0n) is 13.4. The summed E-state index contributed by atoms with van der Waals surface area (Å²) in [6, 6.07) is 0.344. The summed E-state index contributed by atoms with van der Waals surface area (Å²) in [5.74, 6) is 1.23. The molecule has 0 bridgehead atoms. The maximum atomic E-state index is 12.6.